The SMILES string of the molecule is Cn1ccnc(N2CCC[C@H](NC(=O)[C@@H]3C[C@@H]3c3cccnc3)C2)c1=O. The van der Waals surface area contributed by atoms with Crippen molar-refractivity contribution in [2.45, 2.75) is 31.2 Å². The molecule has 1 saturated carbocycles. The van der Waals surface area contributed by atoms with E-state index in [9.17, 15) is 9.59 Å². The Morgan fingerprint density at radius 1 is 1.35 bits per heavy atom. The molecule has 0 bridgehead atoms. The molecule has 2 aliphatic rings. The van der Waals surface area contributed by atoms with Gasteiger partial charge in [-0.25, -0.2) is 4.98 Å². The van der Waals surface area contributed by atoms with E-state index in [4.69, 9.17) is 0 Å². The number of hydrogen-bond acceptors (Lipinski definition) is 5. The molecule has 2 fully saturated rings. The van der Waals surface area contributed by atoms with Gasteiger partial charge in [-0.2, -0.15) is 0 Å². The molecular formula is C19H23N5O2. The third kappa shape index (κ3) is 3.34. The maximum Gasteiger partial charge on any atom is 0.293 e. The molecule has 7 nitrogen and oxygen atoms in total. The molecule has 2 aromatic heterocycles. The van der Waals surface area contributed by atoms with Crippen molar-refractivity contribution < 1.29 is 4.79 Å². The van der Waals surface area contributed by atoms with E-state index in [-0.39, 0.29) is 29.3 Å². The van der Waals surface area contributed by atoms with E-state index in [0.29, 0.717) is 12.4 Å². The number of amides is 1. The summed E-state index contributed by atoms with van der Waals surface area (Å²) in [4.78, 5) is 35.2. The van der Waals surface area contributed by atoms with Gasteiger partial charge in [-0.05, 0) is 36.8 Å². The summed E-state index contributed by atoms with van der Waals surface area (Å²) in [6.45, 7) is 1.42. The van der Waals surface area contributed by atoms with Gasteiger partial charge >= 0.3 is 0 Å². The molecule has 3 atom stereocenters. The van der Waals surface area contributed by atoms with Gasteiger partial charge in [0.15, 0.2) is 5.82 Å². The number of hydrogen-bond donors (Lipinski definition) is 1. The van der Waals surface area contributed by atoms with Gasteiger partial charge in [0.2, 0.25) is 5.91 Å². The van der Waals surface area contributed by atoms with Crippen LogP contribution in [-0.2, 0) is 11.8 Å². The van der Waals surface area contributed by atoms with Gasteiger partial charge in [0.1, 0.15) is 0 Å². The first-order valence-electron chi connectivity index (χ1n) is 9.10. The highest BCUT2D eigenvalue weighted by atomic mass is 16.2. The van der Waals surface area contributed by atoms with Gasteiger partial charge in [0.25, 0.3) is 5.56 Å². The second kappa shape index (κ2) is 6.90. The number of nitrogens with one attached hydrogen (secondary N) is 1. The van der Waals surface area contributed by atoms with Crippen LogP contribution in [0.2, 0.25) is 0 Å². The minimum absolute atomic E-state index is 0.0392. The number of aromatic nitrogens is 3. The highest BCUT2D eigenvalue weighted by Crippen LogP contribution is 2.47. The van der Waals surface area contributed by atoms with Crippen molar-refractivity contribution in [1.82, 2.24) is 19.9 Å². The quantitative estimate of drug-likeness (QED) is 0.889. The first-order chi connectivity index (χ1) is 12.6. The predicted octanol–water partition coefficient (Wildman–Crippen LogP) is 1.06. The molecule has 7 heteroatoms. The second-order valence-electron chi connectivity index (χ2n) is 7.20. The highest BCUT2D eigenvalue weighted by molar-refractivity contribution is 5.83. The number of rotatable bonds is 4. The third-order valence-electron chi connectivity index (χ3n) is 5.31. The maximum absolute atomic E-state index is 12.6. The Balaban J connectivity index is 1.38. The molecule has 1 saturated heterocycles. The van der Waals surface area contributed by atoms with Gasteiger partial charge in [-0.3, -0.25) is 14.6 Å². The Labute approximate surface area is 152 Å². The van der Waals surface area contributed by atoms with E-state index in [1.807, 2.05) is 23.2 Å². The summed E-state index contributed by atoms with van der Waals surface area (Å²) in [6.07, 6.45) is 9.63. The van der Waals surface area contributed by atoms with Crippen molar-refractivity contribution in [3.63, 3.8) is 0 Å². The topological polar surface area (TPSA) is 80.1 Å². The van der Waals surface area contributed by atoms with Crippen LogP contribution in [0.15, 0.2) is 41.7 Å². The normalized spacial score (nSPS) is 25.0. The lowest BCUT2D eigenvalue weighted by Gasteiger charge is -2.33. The number of anilines is 1. The van der Waals surface area contributed by atoms with E-state index in [1.54, 1.807) is 25.6 Å². The molecule has 0 spiro atoms. The van der Waals surface area contributed by atoms with Crippen LogP contribution in [0.1, 0.15) is 30.7 Å². The van der Waals surface area contributed by atoms with Gasteiger partial charge in [-0.1, -0.05) is 6.07 Å². The van der Waals surface area contributed by atoms with Crippen molar-refractivity contribution in [2.24, 2.45) is 13.0 Å². The number of carbonyl (C=O) groups is 1. The lowest BCUT2D eigenvalue weighted by atomic mass is 10.0. The monoisotopic (exact) mass is 353 g/mol. The molecule has 0 radical (unpaired) electrons. The van der Waals surface area contributed by atoms with Gasteiger partial charge < -0.3 is 14.8 Å². The standard InChI is InChI=1S/C19H23N5O2/c1-23-9-7-21-17(19(23)26)24-8-3-5-14(12-24)22-18(25)16-10-15(16)13-4-2-6-20-11-13/h2,4,6-7,9,11,14-16H,3,5,8,10,12H2,1H3,(H,22,25)/t14-,15+,16+/m0/s1. The molecule has 136 valence electrons. The molecule has 0 unspecified atom stereocenters. The summed E-state index contributed by atoms with van der Waals surface area (Å²) in [7, 11) is 1.72. The molecule has 3 heterocycles. The summed E-state index contributed by atoms with van der Waals surface area (Å²) in [6, 6.07) is 4.00. The fourth-order valence-electron chi connectivity index (χ4n) is 3.75. The Morgan fingerprint density at radius 3 is 3.04 bits per heavy atom. The van der Waals surface area contributed by atoms with Gasteiger partial charge in [-0.15, -0.1) is 0 Å². The van der Waals surface area contributed by atoms with Crippen molar-refractivity contribution in [1.29, 1.82) is 0 Å². The zero-order valence-corrected chi connectivity index (χ0v) is 14.8. The molecule has 2 aromatic rings. The molecule has 0 aromatic carbocycles. The smallest absolute Gasteiger partial charge is 0.293 e. The van der Waals surface area contributed by atoms with Crippen molar-refractivity contribution >= 4 is 11.7 Å². The van der Waals surface area contributed by atoms with E-state index in [1.165, 1.54) is 4.57 Å². The zero-order chi connectivity index (χ0) is 18.1. The zero-order valence-electron chi connectivity index (χ0n) is 14.8. The molecule has 1 amide bonds. The van der Waals surface area contributed by atoms with Crippen molar-refractivity contribution in [3.8, 4) is 0 Å². The molecule has 26 heavy (non-hydrogen) atoms. The Morgan fingerprint density at radius 2 is 2.23 bits per heavy atom. The van der Waals surface area contributed by atoms with Crippen molar-refractivity contribution in [2.75, 3.05) is 18.0 Å². The molecule has 1 aliphatic heterocycles. The summed E-state index contributed by atoms with van der Waals surface area (Å²) in [5.74, 6) is 0.900. The van der Waals surface area contributed by atoms with E-state index < -0.39 is 0 Å². The average Bonchev–Trinajstić information content (AvgIpc) is 3.46. The van der Waals surface area contributed by atoms with Gasteiger partial charge in [0, 0.05) is 56.9 Å². The minimum Gasteiger partial charge on any atom is -0.351 e. The van der Waals surface area contributed by atoms with E-state index in [2.05, 4.69) is 15.3 Å². The Bertz CT molecular complexity index is 851. The number of piperidine rings is 1. The largest absolute Gasteiger partial charge is 0.351 e. The first kappa shape index (κ1) is 16.8. The Hall–Kier alpha value is -2.70. The molecular weight excluding hydrogens is 330 g/mol. The lowest BCUT2D eigenvalue weighted by Crippen LogP contribution is -2.50. The minimum atomic E-state index is -0.0988. The summed E-state index contributed by atoms with van der Waals surface area (Å²) in [5, 5.41) is 3.18. The van der Waals surface area contributed by atoms with Crippen LogP contribution >= 0.6 is 0 Å². The molecule has 4 rings (SSSR count). The number of nitrogens with zero attached hydrogens (tertiary/aromatic N) is 4. The van der Waals surface area contributed by atoms with Crippen LogP contribution in [0.4, 0.5) is 5.82 Å². The molecule has 1 aliphatic carbocycles. The average molecular weight is 353 g/mol. The summed E-state index contributed by atoms with van der Waals surface area (Å²) < 4.78 is 1.53. The predicted molar refractivity (Wildman–Crippen MR) is 97.9 cm³/mol. The van der Waals surface area contributed by atoms with Crippen LogP contribution in [0.5, 0.6) is 0 Å². The summed E-state index contributed by atoms with van der Waals surface area (Å²) in [5.41, 5.74) is 1.04. The second-order valence-corrected chi connectivity index (χ2v) is 7.20. The maximum atomic E-state index is 12.6. The molecule has 1 N–H and O–H groups in total. The van der Waals surface area contributed by atoms with Crippen LogP contribution < -0.4 is 15.8 Å². The lowest BCUT2D eigenvalue weighted by molar-refractivity contribution is -0.123. The number of pyridine rings is 1. The van der Waals surface area contributed by atoms with E-state index in [0.717, 1.165) is 31.4 Å². The highest BCUT2D eigenvalue weighted by Gasteiger charge is 2.44. The van der Waals surface area contributed by atoms with E-state index >= 15 is 0 Å². The van der Waals surface area contributed by atoms with Crippen LogP contribution in [0.25, 0.3) is 0 Å². The fourth-order valence-corrected chi connectivity index (χ4v) is 3.75. The van der Waals surface area contributed by atoms with Gasteiger partial charge in [0.05, 0.1) is 0 Å². The van der Waals surface area contributed by atoms with Crippen LogP contribution in [0.3, 0.4) is 0 Å². The summed E-state index contributed by atoms with van der Waals surface area (Å²) >= 11 is 0. The number of aryl methyl sites for hydroxylation is 1. The third-order valence-corrected chi connectivity index (χ3v) is 5.31. The fraction of sp³-hybridized carbons (Fsp3) is 0.474. The van der Waals surface area contributed by atoms with Crippen LogP contribution in [-0.4, -0.2) is 39.6 Å². The van der Waals surface area contributed by atoms with Crippen molar-refractivity contribution in [3.05, 3.63) is 52.8 Å². The number of carbonyl (C=O) groups excluding carboxylic acids is 1. The van der Waals surface area contributed by atoms with Crippen LogP contribution in [0, 0.1) is 5.92 Å². The Kier molecular flexibility index (Phi) is 4.44. The first-order valence-corrected chi connectivity index (χ1v) is 9.10.